The van der Waals surface area contributed by atoms with Gasteiger partial charge in [0.1, 0.15) is 5.82 Å². The SMILES string of the molecule is O=[N+]([O-])c1ccc(-c2csc(Nc3ccc(Cl)cn3)n2)cc1. The summed E-state index contributed by atoms with van der Waals surface area (Å²) in [6.07, 6.45) is 1.55. The molecule has 0 aliphatic carbocycles. The average Bonchev–Trinajstić information content (AvgIpc) is 2.98. The van der Waals surface area contributed by atoms with Crippen molar-refractivity contribution in [2.75, 3.05) is 5.32 Å². The lowest BCUT2D eigenvalue weighted by Gasteiger charge is -2.00. The number of non-ortho nitro benzene ring substituents is 1. The van der Waals surface area contributed by atoms with Gasteiger partial charge in [-0.05, 0) is 24.3 Å². The van der Waals surface area contributed by atoms with E-state index in [0.29, 0.717) is 16.0 Å². The van der Waals surface area contributed by atoms with Gasteiger partial charge in [0.2, 0.25) is 0 Å². The molecule has 3 aromatic rings. The van der Waals surface area contributed by atoms with E-state index in [1.807, 2.05) is 5.38 Å². The molecule has 0 aliphatic heterocycles. The number of anilines is 2. The van der Waals surface area contributed by atoms with Crippen LogP contribution in [0.1, 0.15) is 0 Å². The Balaban J connectivity index is 1.78. The highest BCUT2D eigenvalue weighted by molar-refractivity contribution is 7.14. The van der Waals surface area contributed by atoms with Crippen LogP contribution in [0.25, 0.3) is 11.3 Å². The fourth-order valence-electron chi connectivity index (χ4n) is 1.78. The van der Waals surface area contributed by atoms with Gasteiger partial charge in [-0.3, -0.25) is 10.1 Å². The minimum Gasteiger partial charge on any atom is -0.316 e. The van der Waals surface area contributed by atoms with Gasteiger partial charge < -0.3 is 5.32 Å². The van der Waals surface area contributed by atoms with E-state index in [2.05, 4.69) is 15.3 Å². The summed E-state index contributed by atoms with van der Waals surface area (Å²) >= 11 is 7.21. The lowest BCUT2D eigenvalue weighted by molar-refractivity contribution is -0.384. The van der Waals surface area contributed by atoms with Crippen molar-refractivity contribution in [1.82, 2.24) is 9.97 Å². The monoisotopic (exact) mass is 332 g/mol. The van der Waals surface area contributed by atoms with Crippen molar-refractivity contribution in [3.63, 3.8) is 0 Å². The van der Waals surface area contributed by atoms with Crippen LogP contribution in [0.2, 0.25) is 5.02 Å². The van der Waals surface area contributed by atoms with Gasteiger partial charge in [0.05, 0.1) is 15.6 Å². The number of hydrogen-bond acceptors (Lipinski definition) is 6. The molecule has 2 aromatic heterocycles. The Labute approximate surface area is 134 Å². The van der Waals surface area contributed by atoms with Gasteiger partial charge in [0, 0.05) is 29.3 Å². The van der Waals surface area contributed by atoms with E-state index in [0.717, 1.165) is 11.3 Å². The Kier molecular flexibility index (Phi) is 3.99. The van der Waals surface area contributed by atoms with Crippen molar-refractivity contribution >= 4 is 39.6 Å². The van der Waals surface area contributed by atoms with Crippen molar-refractivity contribution in [2.24, 2.45) is 0 Å². The van der Waals surface area contributed by atoms with E-state index in [1.54, 1.807) is 30.5 Å². The molecule has 0 bridgehead atoms. The third-order valence-electron chi connectivity index (χ3n) is 2.84. The highest BCUT2D eigenvalue weighted by Crippen LogP contribution is 2.28. The number of pyridine rings is 1. The summed E-state index contributed by atoms with van der Waals surface area (Å²) in [5.41, 5.74) is 1.62. The third-order valence-corrected chi connectivity index (χ3v) is 3.82. The standard InChI is InChI=1S/C14H9ClN4O2S/c15-10-3-6-13(16-7-10)18-14-17-12(8-22-14)9-1-4-11(5-2-9)19(20)21/h1-8H,(H,16,17,18). The highest BCUT2D eigenvalue weighted by Gasteiger charge is 2.08. The predicted octanol–water partition coefficient (Wildman–Crippen LogP) is 4.51. The first kappa shape index (κ1) is 14.4. The van der Waals surface area contributed by atoms with Crippen molar-refractivity contribution in [1.29, 1.82) is 0 Å². The lowest BCUT2D eigenvalue weighted by atomic mass is 10.1. The van der Waals surface area contributed by atoms with E-state index in [-0.39, 0.29) is 5.69 Å². The van der Waals surface area contributed by atoms with Crippen LogP contribution < -0.4 is 5.32 Å². The van der Waals surface area contributed by atoms with Crippen LogP contribution in [0.5, 0.6) is 0 Å². The fourth-order valence-corrected chi connectivity index (χ4v) is 2.62. The number of benzene rings is 1. The summed E-state index contributed by atoms with van der Waals surface area (Å²) < 4.78 is 0. The van der Waals surface area contributed by atoms with E-state index in [1.165, 1.54) is 23.5 Å². The smallest absolute Gasteiger partial charge is 0.269 e. The molecule has 0 unspecified atom stereocenters. The van der Waals surface area contributed by atoms with E-state index >= 15 is 0 Å². The minimum absolute atomic E-state index is 0.0580. The molecule has 1 aromatic carbocycles. The number of nitro benzene ring substituents is 1. The number of thiazole rings is 1. The number of rotatable bonds is 4. The van der Waals surface area contributed by atoms with Gasteiger partial charge in [0.25, 0.3) is 5.69 Å². The van der Waals surface area contributed by atoms with Crippen LogP contribution in [0.15, 0.2) is 48.0 Å². The third kappa shape index (κ3) is 3.21. The number of nitro groups is 1. The molecule has 0 spiro atoms. The summed E-state index contributed by atoms with van der Waals surface area (Å²) in [7, 11) is 0. The molecule has 0 amide bonds. The first-order valence-corrected chi connectivity index (χ1v) is 7.46. The summed E-state index contributed by atoms with van der Waals surface area (Å²) in [4.78, 5) is 18.8. The van der Waals surface area contributed by atoms with Gasteiger partial charge in [-0.2, -0.15) is 0 Å². The molecule has 22 heavy (non-hydrogen) atoms. The number of halogens is 1. The molecule has 0 atom stereocenters. The highest BCUT2D eigenvalue weighted by atomic mass is 35.5. The van der Waals surface area contributed by atoms with Crippen molar-refractivity contribution in [2.45, 2.75) is 0 Å². The Morgan fingerprint density at radius 2 is 1.95 bits per heavy atom. The molecule has 1 N–H and O–H groups in total. The maximum Gasteiger partial charge on any atom is 0.269 e. The molecular weight excluding hydrogens is 324 g/mol. The minimum atomic E-state index is -0.427. The normalized spacial score (nSPS) is 10.4. The molecule has 0 aliphatic rings. The Morgan fingerprint density at radius 1 is 1.18 bits per heavy atom. The van der Waals surface area contributed by atoms with Gasteiger partial charge in [-0.15, -0.1) is 11.3 Å². The summed E-state index contributed by atoms with van der Waals surface area (Å²) in [5.74, 6) is 0.647. The summed E-state index contributed by atoms with van der Waals surface area (Å²) in [6, 6.07) is 9.77. The molecule has 0 fully saturated rings. The van der Waals surface area contributed by atoms with E-state index in [9.17, 15) is 10.1 Å². The molecule has 8 heteroatoms. The Hall–Kier alpha value is -2.51. The summed E-state index contributed by atoms with van der Waals surface area (Å²) in [5, 5.41) is 16.8. The van der Waals surface area contributed by atoms with Gasteiger partial charge in [-0.25, -0.2) is 9.97 Å². The van der Waals surface area contributed by atoms with Crippen molar-refractivity contribution < 1.29 is 4.92 Å². The fraction of sp³-hybridized carbons (Fsp3) is 0. The predicted molar refractivity (Wildman–Crippen MR) is 86.7 cm³/mol. The maximum atomic E-state index is 10.6. The second-order valence-corrected chi connectivity index (χ2v) is 5.62. The van der Waals surface area contributed by atoms with Crippen LogP contribution in [-0.2, 0) is 0 Å². The van der Waals surface area contributed by atoms with Crippen LogP contribution in [0, 0.1) is 10.1 Å². The Bertz CT molecular complexity index is 802. The zero-order chi connectivity index (χ0) is 15.5. The quantitative estimate of drug-likeness (QED) is 0.561. The summed E-state index contributed by atoms with van der Waals surface area (Å²) in [6.45, 7) is 0. The number of hydrogen-bond donors (Lipinski definition) is 1. The number of nitrogens with zero attached hydrogens (tertiary/aromatic N) is 3. The van der Waals surface area contributed by atoms with Crippen LogP contribution in [-0.4, -0.2) is 14.9 Å². The second-order valence-electron chi connectivity index (χ2n) is 4.33. The van der Waals surface area contributed by atoms with Gasteiger partial charge >= 0.3 is 0 Å². The zero-order valence-corrected chi connectivity index (χ0v) is 12.6. The molecule has 3 rings (SSSR count). The van der Waals surface area contributed by atoms with Gasteiger partial charge in [0.15, 0.2) is 5.13 Å². The molecule has 6 nitrogen and oxygen atoms in total. The average molecular weight is 333 g/mol. The topological polar surface area (TPSA) is 81.0 Å². The largest absolute Gasteiger partial charge is 0.316 e. The molecule has 110 valence electrons. The maximum absolute atomic E-state index is 10.6. The van der Waals surface area contributed by atoms with Crippen molar-refractivity contribution in [3.8, 4) is 11.3 Å². The molecular formula is C14H9ClN4O2S. The first-order chi connectivity index (χ1) is 10.6. The lowest BCUT2D eigenvalue weighted by Crippen LogP contribution is -1.92. The van der Waals surface area contributed by atoms with Gasteiger partial charge in [-0.1, -0.05) is 11.6 Å². The Morgan fingerprint density at radius 3 is 2.59 bits per heavy atom. The van der Waals surface area contributed by atoms with E-state index in [4.69, 9.17) is 11.6 Å². The molecule has 0 saturated heterocycles. The van der Waals surface area contributed by atoms with Crippen molar-refractivity contribution in [3.05, 3.63) is 63.1 Å². The molecule has 0 radical (unpaired) electrons. The second kappa shape index (κ2) is 6.08. The van der Waals surface area contributed by atoms with E-state index < -0.39 is 4.92 Å². The number of aromatic nitrogens is 2. The van der Waals surface area contributed by atoms with Crippen LogP contribution >= 0.6 is 22.9 Å². The van der Waals surface area contributed by atoms with Crippen LogP contribution in [0.4, 0.5) is 16.6 Å². The number of nitrogens with one attached hydrogen (secondary N) is 1. The molecule has 2 heterocycles. The molecule has 0 saturated carbocycles. The van der Waals surface area contributed by atoms with Crippen LogP contribution in [0.3, 0.4) is 0 Å². The first-order valence-electron chi connectivity index (χ1n) is 6.21. The zero-order valence-electron chi connectivity index (χ0n) is 11.1.